The molecule has 0 saturated heterocycles. The minimum atomic E-state index is -4.62. The van der Waals surface area contributed by atoms with Crippen LogP contribution in [-0.2, 0) is 6.18 Å². The van der Waals surface area contributed by atoms with Crippen molar-refractivity contribution in [3.63, 3.8) is 0 Å². The van der Waals surface area contributed by atoms with Crippen molar-refractivity contribution >= 4 is 22.6 Å². The Hall–Kier alpha value is -4.27. The third-order valence-electron chi connectivity index (χ3n) is 6.57. The molecule has 5 rings (SSSR count). The smallest absolute Gasteiger partial charge is 0.416 e. The van der Waals surface area contributed by atoms with Gasteiger partial charge in [0.2, 0.25) is 5.76 Å². The van der Waals surface area contributed by atoms with E-state index in [2.05, 4.69) is 0 Å². The van der Waals surface area contributed by atoms with Crippen molar-refractivity contribution in [2.45, 2.75) is 38.9 Å². The van der Waals surface area contributed by atoms with Crippen LogP contribution in [0.3, 0.4) is 0 Å². The van der Waals surface area contributed by atoms with Crippen molar-refractivity contribution in [1.29, 1.82) is 0 Å². The quantitative estimate of drug-likeness (QED) is 0.224. The highest BCUT2D eigenvalue weighted by molar-refractivity contribution is 6.10. The lowest BCUT2D eigenvalue weighted by atomic mass is 9.97. The number of nitrogens with zero attached hydrogens (tertiary/aromatic N) is 1. The van der Waals surface area contributed by atoms with Gasteiger partial charge in [-0.05, 0) is 61.4 Å². The van der Waals surface area contributed by atoms with Crippen LogP contribution < -0.4 is 19.8 Å². The van der Waals surface area contributed by atoms with Crippen LogP contribution in [0.2, 0.25) is 0 Å². The number of alkyl halides is 3. The fourth-order valence-electron chi connectivity index (χ4n) is 4.74. The molecule has 0 spiro atoms. The molecule has 1 unspecified atom stereocenters. The van der Waals surface area contributed by atoms with Crippen LogP contribution in [0.1, 0.15) is 60.0 Å². The van der Waals surface area contributed by atoms with Crippen molar-refractivity contribution in [2.75, 3.05) is 18.1 Å². The average molecular weight is 538 g/mol. The Morgan fingerprint density at radius 2 is 1.72 bits per heavy atom. The molecule has 4 aromatic rings. The number of fused-ring (bicyclic) bond motifs is 2. The number of rotatable bonds is 8. The Kier molecular flexibility index (Phi) is 7.08. The van der Waals surface area contributed by atoms with Crippen LogP contribution >= 0.6 is 0 Å². The Morgan fingerprint density at radius 3 is 2.46 bits per heavy atom. The standard InChI is InChI=1S/C30H26F3NO5/c1-3-5-15-38-23-14-13-18(16-24(23)37-4-2)26-25-27(35)21-11-6-7-12-22(21)39-28(25)29(36)34(26)20-10-8-9-19(17-20)30(31,32)33/h6-14,16-17,26H,3-5,15H2,1-2H3. The van der Waals surface area contributed by atoms with Crippen LogP contribution in [0, 0.1) is 0 Å². The first-order chi connectivity index (χ1) is 18.7. The summed E-state index contributed by atoms with van der Waals surface area (Å²) < 4.78 is 58.4. The highest BCUT2D eigenvalue weighted by Crippen LogP contribution is 2.44. The van der Waals surface area contributed by atoms with Crippen molar-refractivity contribution in [2.24, 2.45) is 0 Å². The second-order valence-electron chi connectivity index (χ2n) is 9.14. The second kappa shape index (κ2) is 10.5. The van der Waals surface area contributed by atoms with E-state index < -0.39 is 29.1 Å². The summed E-state index contributed by atoms with van der Waals surface area (Å²) in [4.78, 5) is 28.6. The van der Waals surface area contributed by atoms with Gasteiger partial charge in [0.25, 0.3) is 5.91 Å². The Morgan fingerprint density at radius 1 is 0.923 bits per heavy atom. The van der Waals surface area contributed by atoms with Crippen LogP contribution in [0.4, 0.5) is 18.9 Å². The fraction of sp³-hybridized carbons (Fsp3) is 0.267. The van der Waals surface area contributed by atoms with Gasteiger partial charge >= 0.3 is 6.18 Å². The number of para-hydroxylation sites is 1. The maximum Gasteiger partial charge on any atom is 0.416 e. The van der Waals surface area contributed by atoms with E-state index in [1.54, 1.807) is 42.5 Å². The van der Waals surface area contributed by atoms with Crippen LogP contribution in [0.15, 0.2) is 75.9 Å². The van der Waals surface area contributed by atoms with Crippen LogP contribution in [0.25, 0.3) is 11.0 Å². The van der Waals surface area contributed by atoms with Crippen molar-refractivity contribution in [1.82, 2.24) is 0 Å². The predicted molar refractivity (Wildman–Crippen MR) is 141 cm³/mol. The summed E-state index contributed by atoms with van der Waals surface area (Å²) in [5.74, 6) is -0.0170. The van der Waals surface area contributed by atoms with Gasteiger partial charge < -0.3 is 13.9 Å². The number of amides is 1. The summed E-state index contributed by atoms with van der Waals surface area (Å²) in [6.45, 7) is 4.67. The number of anilines is 1. The molecule has 2 heterocycles. The Balaban J connectivity index is 1.72. The molecule has 202 valence electrons. The molecule has 0 saturated carbocycles. The molecular formula is C30H26F3NO5. The summed E-state index contributed by atoms with van der Waals surface area (Å²) in [6, 6.07) is 14.9. The maximum atomic E-state index is 13.7. The molecule has 1 aliphatic heterocycles. The molecule has 39 heavy (non-hydrogen) atoms. The fourth-order valence-corrected chi connectivity index (χ4v) is 4.74. The molecule has 0 fully saturated rings. The highest BCUT2D eigenvalue weighted by Gasteiger charge is 2.44. The SMILES string of the molecule is CCCCOc1ccc(C2c3c(oc4ccccc4c3=O)C(=O)N2c2cccc(C(F)(F)F)c2)cc1OCC. The van der Waals surface area contributed by atoms with E-state index in [1.165, 1.54) is 17.0 Å². The molecule has 3 aromatic carbocycles. The van der Waals surface area contributed by atoms with Gasteiger partial charge in [0.05, 0.1) is 35.8 Å². The van der Waals surface area contributed by atoms with Gasteiger partial charge in [0.1, 0.15) is 5.58 Å². The van der Waals surface area contributed by atoms with Crippen molar-refractivity contribution in [3.8, 4) is 11.5 Å². The average Bonchev–Trinajstić information content (AvgIpc) is 3.22. The third kappa shape index (κ3) is 4.84. The van der Waals surface area contributed by atoms with E-state index in [-0.39, 0.29) is 28.0 Å². The third-order valence-corrected chi connectivity index (χ3v) is 6.57. The van der Waals surface area contributed by atoms with E-state index in [9.17, 15) is 22.8 Å². The maximum absolute atomic E-state index is 13.7. The lowest BCUT2D eigenvalue weighted by molar-refractivity contribution is -0.137. The number of hydrogen-bond donors (Lipinski definition) is 0. The molecule has 1 aliphatic rings. The first-order valence-corrected chi connectivity index (χ1v) is 12.7. The van der Waals surface area contributed by atoms with Gasteiger partial charge in [-0.15, -0.1) is 0 Å². The van der Waals surface area contributed by atoms with E-state index in [1.807, 2.05) is 13.8 Å². The molecular weight excluding hydrogens is 511 g/mol. The molecule has 1 aromatic heterocycles. The topological polar surface area (TPSA) is 69.0 Å². The lowest BCUT2D eigenvalue weighted by Gasteiger charge is -2.26. The largest absolute Gasteiger partial charge is 0.490 e. The number of unbranched alkanes of at least 4 members (excludes halogenated alkanes) is 1. The summed E-state index contributed by atoms with van der Waals surface area (Å²) in [6.07, 6.45) is -2.84. The number of carbonyl (C=O) groups excluding carboxylic acids is 1. The molecule has 0 radical (unpaired) electrons. The second-order valence-corrected chi connectivity index (χ2v) is 9.14. The van der Waals surface area contributed by atoms with Gasteiger partial charge in [-0.25, -0.2) is 0 Å². The van der Waals surface area contributed by atoms with Crippen molar-refractivity contribution < 1.29 is 31.9 Å². The van der Waals surface area contributed by atoms with Crippen LogP contribution in [-0.4, -0.2) is 19.1 Å². The Labute approximate surface area is 222 Å². The number of halogens is 3. The minimum Gasteiger partial charge on any atom is -0.490 e. The van der Waals surface area contributed by atoms with E-state index >= 15 is 0 Å². The summed E-state index contributed by atoms with van der Waals surface area (Å²) in [7, 11) is 0. The molecule has 1 amide bonds. The van der Waals surface area contributed by atoms with E-state index in [0.29, 0.717) is 30.3 Å². The zero-order valence-corrected chi connectivity index (χ0v) is 21.4. The molecule has 0 N–H and O–H groups in total. The van der Waals surface area contributed by atoms with E-state index in [4.69, 9.17) is 13.9 Å². The molecule has 9 heteroatoms. The number of hydrogen-bond acceptors (Lipinski definition) is 5. The molecule has 0 bridgehead atoms. The van der Waals surface area contributed by atoms with Gasteiger partial charge in [-0.2, -0.15) is 13.2 Å². The minimum absolute atomic E-state index is 0.0177. The first kappa shape index (κ1) is 26.3. The summed E-state index contributed by atoms with van der Waals surface area (Å²) >= 11 is 0. The zero-order chi connectivity index (χ0) is 27.7. The summed E-state index contributed by atoms with van der Waals surface area (Å²) in [5.41, 5.74) is -0.626. The van der Waals surface area contributed by atoms with Gasteiger partial charge in [0, 0.05) is 5.69 Å². The normalized spacial score (nSPS) is 15.1. The van der Waals surface area contributed by atoms with Gasteiger partial charge in [0.15, 0.2) is 16.9 Å². The lowest BCUT2D eigenvalue weighted by Crippen LogP contribution is -2.29. The number of carbonyl (C=O) groups is 1. The van der Waals surface area contributed by atoms with Gasteiger partial charge in [-0.3, -0.25) is 14.5 Å². The summed E-state index contributed by atoms with van der Waals surface area (Å²) in [5, 5.41) is 0.268. The number of ether oxygens (including phenoxy) is 2. The highest BCUT2D eigenvalue weighted by atomic mass is 19.4. The zero-order valence-electron chi connectivity index (χ0n) is 21.4. The van der Waals surface area contributed by atoms with Crippen molar-refractivity contribution in [3.05, 3.63) is 99.4 Å². The first-order valence-electron chi connectivity index (χ1n) is 12.7. The molecule has 0 aliphatic carbocycles. The van der Waals surface area contributed by atoms with Crippen LogP contribution in [0.5, 0.6) is 11.5 Å². The Bertz CT molecular complexity index is 1590. The predicted octanol–water partition coefficient (Wildman–Crippen LogP) is 7.14. The number of benzene rings is 3. The van der Waals surface area contributed by atoms with E-state index in [0.717, 1.165) is 25.0 Å². The van der Waals surface area contributed by atoms with Gasteiger partial charge in [-0.1, -0.05) is 37.6 Å². The molecule has 1 atom stereocenters. The molecule has 6 nitrogen and oxygen atoms in total. The monoisotopic (exact) mass is 537 g/mol.